The number of nitrogens with one attached hydrogen (secondary N) is 3. The van der Waals surface area contributed by atoms with Crippen LogP contribution in [0.15, 0.2) is 48.5 Å². The minimum Gasteiger partial charge on any atom is -0.493 e. The smallest absolute Gasteiger partial charge is 0.405 e. The molecule has 1 saturated heterocycles. The van der Waals surface area contributed by atoms with Crippen LogP contribution in [0.5, 0.6) is 11.5 Å². The molecule has 1 heterocycles. The Morgan fingerprint density at radius 2 is 1.63 bits per heavy atom. The van der Waals surface area contributed by atoms with Gasteiger partial charge in [0.1, 0.15) is 12.1 Å². The van der Waals surface area contributed by atoms with E-state index >= 15 is 0 Å². The van der Waals surface area contributed by atoms with Gasteiger partial charge in [-0.3, -0.25) is 19.4 Å². The summed E-state index contributed by atoms with van der Waals surface area (Å²) in [5, 5.41) is 29.2. The van der Waals surface area contributed by atoms with Crippen LogP contribution in [0.1, 0.15) is 45.7 Å². The van der Waals surface area contributed by atoms with E-state index in [1.807, 2.05) is 74.2 Å². The zero-order valence-corrected chi connectivity index (χ0v) is 28.1. The Bertz CT molecular complexity index is 1300. The SMILES string of the molecule is COc1ccc(CN2CCN(C[C@H](O)[C@H](Cc3ccccc3)NC(=O)[C@@H](NC(=O)O)C(C)C)[C@H](C(=O)NC(C)(C)C)C2)cc1OC. The zero-order chi connectivity index (χ0) is 34.0. The number of hydrogen-bond donors (Lipinski definition) is 5. The van der Waals surface area contributed by atoms with Crippen LogP contribution in [0, 0.1) is 5.92 Å². The fourth-order valence-electron chi connectivity index (χ4n) is 5.64. The molecule has 254 valence electrons. The fraction of sp³-hybridized carbons (Fsp3) is 0.559. The third-order valence-corrected chi connectivity index (χ3v) is 7.97. The molecule has 1 aliphatic heterocycles. The van der Waals surface area contributed by atoms with E-state index in [2.05, 4.69) is 20.9 Å². The first-order valence-electron chi connectivity index (χ1n) is 15.7. The minimum atomic E-state index is -1.30. The average Bonchev–Trinajstić information content (AvgIpc) is 2.99. The number of piperazine rings is 1. The topological polar surface area (TPSA) is 153 Å². The standard InChI is InChI=1S/C34H51N5O7/c1-22(2)30(36-33(43)44)32(42)35-25(17-23-11-9-8-10-12-23)27(40)21-39-16-15-38(20-26(39)31(41)37-34(3,4)5)19-24-13-14-28(45-6)29(18-24)46-7/h8-14,18,22,25-27,30,36,40H,15-17,19-21H2,1-7H3,(H,35,42)(H,37,41)(H,43,44)/t25-,26-,27-,30-/m0/s1. The number of amides is 3. The van der Waals surface area contributed by atoms with Gasteiger partial charge >= 0.3 is 6.09 Å². The molecule has 0 saturated carbocycles. The molecule has 1 aliphatic rings. The van der Waals surface area contributed by atoms with Crippen LogP contribution in [-0.2, 0) is 22.6 Å². The van der Waals surface area contributed by atoms with Gasteiger partial charge in [0.05, 0.1) is 26.4 Å². The van der Waals surface area contributed by atoms with Gasteiger partial charge in [-0.2, -0.15) is 0 Å². The van der Waals surface area contributed by atoms with E-state index in [-0.39, 0.29) is 18.4 Å². The molecule has 4 atom stereocenters. The fourth-order valence-corrected chi connectivity index (χ4v) is 5.64. The van der Waals surface area contributed by atoms with Crippen LogP contribution in [-0.4, -0.2) is 108 Å². The summed E-state index contributed by atoms with van der Waals surface area (Å²) in [6, 6.07) is 13.0. The van der Waals surface area contributed by atoms with Gasteiger partial charge in [-0.1, -0.05) is 50.2 Å². The number of carbonyl (C=O) groups is 3. The van der Waals surface area contributed by atoms with Gasteiger partial charge in [-0.25, -0.2) is 4.79 Å². The molecule has 1 fully saturated rings. The molecule has 46 heavy (non-hydrogen) atoms. The lowest BCUT2D eigenvalue weighted by molar-refractivity contribution is -0.132. The number of nitrogens with zero attached hydrogens (tertiary/aromatic N) is 2. The molecule has 0 radical (unpaired) electrons. The molecular weight excluding hydrogens is 590 g/mol. The van der Waals surface area contributed by atoms with E-state index in [0.29, 0.717) is 44.1 Å². The summed E-state index contributed by atoms with van der Waals surface area (Å²) in [6.07, 6.45) is -2.03. The molecule has 0 aliphatic carbocycles. The summed E-state index contributed by atoms with van der Waals surface area (Å²) < 4.78 is 10.8. The minimum absolute atomic E-state index is 0.128. The lowest BCUT2D eigenvalue weighted by atomic mass is 9.97. The summed E-state index contributed by atoms with van der Waals surface area (Å²) in [7, 11) is 3.19. The number of hydrogen-bond acceptors (Lipinski definition) is 8. The summed E-state index contributed by atoms with van der Waals surface area (Å²) in [5.41, 5.74) is 1.46. The first kappa shape index (κ1) is 36.6. The predicted octanol–water partition coefficient (Wildman–Crippen LogP) is 2.49. The van der Waals surface area contributed by atoms with Gasteiger partial charge < -0.3 is 35.6 Å². The van der Waals surface area contributed by atoms with E-state index < -0.39 is 41.8 Å². The van der Waals surface area contributed by atoms with Crippen LogP contribution in [0.4, 0.5) is 4.79 Å². The highest BCUT2D eigenvalue weighted by Crippen LogP contribution is 2.28. The lowest BCUT2D eigenvalue weighted by Crippen LogP contribution is -2.63. The molecule has 0 spiro atoms. The van der Waals surface area contributed by atoms with Gasteiger partial charge in [-0.05, 0) is 56.4 Å². The Balaban J connectivity index is 1.83. The molecule has 12 nitrogen and oxygen atoms in total. The van der Waals surface area contributed by atoms with E-state index in [1.165, 1.54) is 0 Å². The Morgan fingerprint density at radius 1 is 0.957 bits per heavy atom. The number of benzene rings is 2. The Morgan fingerprint density at radius 3 is 2.22 bits per heavy atom. The van der Waals surface area contributed by atoms with E-state index in [1.54, 1.807) is 28.1 Å². The highest BCUT2D eigenvalue weighted by molar-refractivity contribution is 5.86. The third-order valence-electron chi connectivity index (χ3n) is 7.97. The first-order valence-corrected chi connectivity index (χ1v) is 15.7. The normalized spacial score (nSPS) is 17.9. The lowest BCUT2D eigenvalue weighted by Gasteiger charge is -2.43. The number of aliphatic hydroxyl groups excluding tert-OH is 1. The number of carbonyl (C=O) groups excluding carboxylic acids is 2. The maximum Gasteiger partial charge on any atom is 0.405 e. The van der Waals surface area contributed by atoms with Gasteiger partial charge in [0.15, 0.2) is 11.5 Å². The summed E-state index contributed by atoms with van der Waals surface area (Å²) in [4.78, 5) is 42.5. The van der Waals surface area contributed by atoms with Crippen molar-refractivity contribution in [2.75, 3.05) is 40.4 Å². The number of ether oxygens (including phenoxy) is 2. The number of aliphatic hydroxyl groups is 1. The Hall–Kier alpha value is -3.87. The van der Waals surface area contributed by atoms with Crippen LogP contribution in [0.2, 0.25) is 0 Å². The van der Waals surface area contributed by atoms with Crippen molar-refractivity contribution >= 4 is 17.9 Å². The first-order chi connectivity index (χ1) is 21.7. The number of β-amino-alcohol motifs (C(OH)–C–C–N with tert-alkyl or cyclic N) is 1. The molecule has 2 aromatic rings. The van der Waals surface area contributed by atoms with E-state index in [4.69, 9.17) is 9.47 Å². The summed E-state index contributed by atoms with van der Waals surface area (Å²) in [5.74, 6) is 0.302. The maximum atomic E-state index is 13.7. The number of methoxy groups -OCH3 is 2. The highest BCUT2D eigenvalue weighted by Gasteiger charge is 2.37. The van der Waals surface area contributed by atoms with Gasteiger partial charge in [0.2, 0.25) is 11.8 Å². The van der Waals surface area contributed by atoms with Gasteiger partial charge in [0, 0.05) is 38.3 Å². The largest absolute Gasteiger partial charge is 0.493 e. The second-order valence-corrected chi connectivity index (χ2v) is 13.2. The second kappa shape index (κ2) is 16.6. The molecule has 2 aromatic carbocycles. The molecular formula is C34H51N5O7. The van der Waals surface area contributed by atoms with Crippen molar-refractivity contribution in [3.63, 3.8) is 0 Å². The average molecular weight is 642 g/mol. The van der Waals surface area contributed by atoms with Crippen molar-refractivity contribution in [2.24, 2.45) is 5.92 Å². The molecule has 5 N–H and O–H groups in total. The quantitative estimate of drug-likeness (QED) is 0.210. The number of carboxylic acid groups (broad SMARTS) is 1. The predicted molar refractivity (Wildman–Crippen MR) is 176 cm³/mol. The molecule has 12 heteroatoms. The maximum absolute atomic E-state index is 13.7. The van der Waals surface area contributed by atoms with Crippen LogP contribution in [0.3, 0.4) is 0 Å². The molecule has 0 bridgehead atoms. The van der Waals surface area contributed by atoms with Crippen LogP contribution >= 0.6 is 0 Å². The van der Waals surface area contributed by atoms with E-state index in [0.717, 1.165) is 11.1 Å². The second-order valence-electron chi connectivity index (χ2n) is 13.2. The molecule has 0 aromatic heterocycles. The van der Waals surface area contributed by atoms with Crippen molar-refractivity contribution in [1.29, 1.82) is 0 Å². The van der Waals surface area contributed by atoms with Gasteiger partial charge in [-0.15, -0.1) is 0 Å². The van der Waals surface area contributed by atoms with E-state index in [9.17, 15) is 24.6 Å². The Kier molecular flexibility index (Phi) is 13.2. The molecule has 0 unspecified atom stereocenters. The highest BCUT2D eigenvalue weighted by atomic mass is 16.5. The van der Waals surface area contributed by atoms with Crippen molar-refractivity contribution in [3.05, 3.63) is 59.7 Å². The molecule has 3 amide bonds. The molecule has 3 rings (SSSR count). The van der Waals surface area contributed by atoms with Crippen molar-refractivity contribution in [2.45, 2.75) is 77.4 Å². The van der Waals surface area contributed by atoms with Gasteiger partial charge in [0.25, 0.3) is 0 Å². The van der Waals surface area contributed by atoms with Crippen LogP contribution in [0.25, 0.3) is 0 Å². The van der Waals surface area contributed by atoms with Crippen LogP contribution < -0.4 is 25.4 Å². The monoisotopic (exact) mass is 641 g/mol. The number of rotatable bonds is 14. The summed E-state index contributed by atoms with van der Waals surface area (Å²) >= 11 is 0. The third kappa shape index (κ3) is 10.9. The van der Waals surface area contributed by atoms with Crippen molar-refractivity contribution in [1.82, 2.24) is 25.8 Å². The van der Waals surface area contributed by atoms with Crippen molar-refractivity contribution in [3.8, 4) is 11.5 Å². The summed E-state index contributed by atoms with van der Waals surface area (Å²) in [6.45, 7) is 11.6. The Labute approximate surface area is 272 Å². The zero-order valence-electron chi connectivity index (χ0n) is 28.1. The van der Waals surface area contributed by atoms with Crippen molar-refractivity contribution < 1.29 is 34.1 Å².